The highest BCUT2D eigenvalue weighted by atomic mass is 19.3. The second-order valence-corrected chi connectivity index (χ2v) is 1.82. The molecule has 1 aliphatic rings. The lowest BCUT2D eigenvalue weighted by atomic mass is 10.2. The zero-order chi connectivity index (χ0) is 8.27. The van der Waals surface area contributed by atoms with Crippen LogP contribution in [-0.4, -0.2) is 12.1 Å². The summed E-state index contributed by atoms with van der Waals surface area (Å²) in [6.07, 6.45) is -1.36. The molecule has 1 aliphatic heterocycles. The number of nitrogens with zero attached hydrogens (tertiary/aromatic N) is 2. The van der Waals surface area contributed by atoms with E-state index in [-0.39, 0.29) is 11.3 Å². The van der Waals surface area contributed by atoms with Crippen LogP contribution in [0.2, 0.25) is 0 Å². The quantitative estimate of drug-likeness (QED) is 0.507. The van der Waals surface area contributed by atoms with Crippen molar-refractivity contribution in [3.63, 3.8) is 0 Å². The lowest BCUT2D eigenvalue weighted by molar-refractivity contribution is 0.226. The van der Waals surface area contributed by atoms with E-state index < -0.39 is 6.43 Å². The molecule has 0 fully saturated rings. The first-order chi connectivity index (χ1) is 5.25. The maximum atomic E-state index is 12.0. The van der Waals surface area contributed by atoms with Crippen molar-refractivity contribution in [2.45, 2.75) is 13.3 Å². The molecule has 0 amide bonds. The molecule has 0 saturated carbocycles. The van der Waals surface area contributed by atoms with Gasteiger partial charge in [-0.2, -0.15) is 5.43 Å². The number of hydrogen-bond donors (Lipinski definition) is 0. The van der Waals surface area contributed by atoms with Gasteiger partial charge in [0.2, 0.25) is 0 Å². The molecule has 57 valence electrons. The van der Waals surface area contributed by atoms with Crippen molar-refractivity contribution in [3.8, 4) is 11.8 Å². The molecule has 11 heavy (non-hydrogen) atoms. The van der Waals surface area contributed by atoms with E-state index in [1.54, 1.807) is 6.92 Å². The summed E-state index contributed by atoms with van der Waals surface area (Å²) in [5.41, 5.74) is 3.21. The average molecular weight is 155 g/mol. The Hall–Kier alpha value is -1.37. The van der Waals surface area contributed by atoms with Crippen LogP contribution in [0.3, 0.4) is 0 Å². The highest BCUT2D eigenvalue weighted by molar-refractivity contribution is 6.07. The SMILES string of the molecule is CC#CC1=C[N]N=C1C(F)F. The molecular weight excluding hydrogens is 150 g/mol. The highest BCUT2D eigenvalue weighted by Crippen LogP contribution is 2.10. The largest absolute Gasteiger partial charge is 0.283 e. The molecule has 0 atom stereocenters. The second kappa shape index (κ2) is 3.15. The summed E-state index contributed by atoms with van der Waals surface area (Å²) in [6.45, 7) is 1.57. The van der Waals surface area contributed by atoms with Gasteiger partial charge in [-0.3, -0.25) is 0 Å². The Kier molecular flexibility index (Phi) is 2.21. The Labute approximate surface area is 63.0 Å². The molecule has 0 aliphatic carbocycles. The van der Waals surface area contributed by atoms with Gasteiger partial charge in [-0.1, -0.05) is 5.92 Å². The minimum absolute atomic E-state index is 0.211. The van der Waals surface area contributed by atoms with Crippen molar-refractivity contribution in [1.29, 1.82) is 0 Å². The standard InChI is InChI=1S/C7H5F2N2/c1-2-3-5-4-10-11-6(5)7(8)9/h4,7H,1H3. The van der Waals surface area contributed by atoms with Gasteiger partial charge in [0.15, 0.2) is 0 Å². The highest BCUT2D eigenvalue weighted by Gasteiger charge is 2.20. The van der Waals surface area contributed by atoms with Gasteiger partial charge in [-0.25, -0.2) is 8.78 Å². The van der Waals surface area contributed by atoms with Gasteiger partial charge >= 0.3 is 0 Å². The van der Waals surface area contributed by atoms with E-state index in [1.807, 2.05) is 0 Å². The summed E-state index contributed by atoms with van der Waals surface area (Å²) < 4.78 is 24.0. The van der Waals surface area contributed by atoms with Gasteiger partial charge in [-0.05, 0) is 6.92 Å². The summed E-state index contributed by atoms with van der Waals surface area (Å²) >= 11 is 0. The van der Waals surface area contributed by atoms with E-state index in [0.717, 1.165) is 0 Å². The van der Waals surface area contributed by atoms with Crippen LogP contribution in [0, 0.1) is 11.8 Å². The Morgan fingerprint density at radius 2 is 2.27 bits per heavy atom. The molecule has 0 unspecified atom stereocenters. The minimum atomic E-state index is -2.59. The number of hydrogen-bond acceptors (Lipinski definition) is 1. The summed E-state index contributed by atoms with van der Waals surface area (Å²) in [5, 5.41) is 3.23. The fourth-order valence-electron chi connectivity index (χ4n) is 0.661. The number of alkyl halides is 2. The van der Waals surface area contributed by atoms with E-state index in [2.05, 4.69) is 22.4 Å². The predicted octanol–water partition coefficient (Wildman–Crippen LogP) is 1.13. The maximum Gasteiger partial charge on any atom is 0.283 e. The second-order valence-electron chi connectivity index (χ2n) is 1.82. The van der Waals surface area contributed by atoms with Crippen LogP contribution in [0.5, 0.6) is 0 Å². The van der Waals surface area contributed by atoms with Gasteiger partial charge in [0, 0.05) is 0 Å². The molecule has 0 bridgehead atoms. The van der Waals surface area contributed by atoms with Crippen molar-refractivity contribution in [1.82, 2.24) is 5.43 Å². The van der Waals surface area contributed by atoms with E-state index in [4.69, 9.17) is 0 Å². The van der Waals surface area contributed by atoms with Crippen LogP contribution in [0.15, 0.2) is 16.9 Å². The molecule has 0 aromatic rings. The Balaban J connectivity index is 2.81. The normalized spacial score (nSPS) is 14.9. The lowest BCUT2D eigenvalue weighted by Gasteiger charge is -1.94. The third-order valence-electron chi connectivity index (χ3n) is 1.09. The first kappa shape index (κ1) is 7.73. The monoisotopic (exact) mass is 155 g/mol. The smallest absolute Gasteiger partial charge is 0.203 e. The molecule has 1 heterocycles. The molecule has 1 rings (SSSR count). The molecule has 0 saturated heterocycles. The summed E-state index contributed by atoms with van der Waals surface area (Å²) in [6, 6.07) is 0. The molecule has 0 N–H and O–H groups in total. The zero-order valence-corrected chi connectivity index (χ0v) is 5.81. The van der Waals surface area contributed by atoms with Gasteiger partial charge in [-0.15, -0.1) is 11.0 Å². The maximum absolute atomic E-state index is 12.0. The minimum Gasteiger partial charge on any atom is -0.203 e. The van der Waals surface area contributed by atoms with Crippen LogP contribution in [0.25, 0.3) is 0 Å². The van der Waals surface area contributed by atoms with E-state index in [1.165, 1.54) is 6.20 Å². The number of rotatable bonds is 1. The third kappa shape index (κ3) is 1.55. The van der Waals surface area contributed by atoms with E-state index in [9.17, 15) is 8.78 Å². The Morgan fingerprint density at radius 3 is 2.82 bits per heavy atom. The summed E-state index contributed by atoms with van der Waals surface area (Å²) in [5.74, 6) is 4.98. The first-order valence-electron chi connectivity index (χ1n) is 2.95. The van der Waals surface area contributed by atoms with Gasteiger partial charge in [0.05, 0.1) is 11.8 Å². The number of halogens is 2. The van der Waals surface area contributed by atoms with Crippen molar-refractivity contribution in [2.24, 2.45) is 5.10 Å². The van der Waals surface area contributed by atoms with Crippen LogP contribution in [-0.2, 0) is 0 Å². The van der Waals surface area contributed by atoms with Gasteiger partial charge in [0.1, 0.15) is 5.71 Å². The topological polar surface area (TPSA) is 26.5 Å². The summed E-state index contributed by atoms with van der Waals surface area (Å²) in [4.78, 5) is 0. The number of allylic oxidation sites excluding steroid dienone is 1. The van der Waals surface area contributed by atoms with Crippen molar-refractivity contribution < 1.29 is 8.78 Å². The zero-order valence-electron chi connectivity index (χ0n) is 5.81. The van der Waals surface area contributed by atoms with Gasteiger partial charge in [0.25, 0.3) is 6.43 Å². The fourth-order valence-corrected chi connectivity index (χ4v) is 0.661. The van der Waals surface area contributed by atoms with Crippen LogP contribution in [0.1, 0.15) is 6.92 Å². The summed E-state index contributed by atoms with van der Waals surface area (Å²) in [7, 11) is 0. The molecule has 0 spiro atoms. The molecule has 0 aromatic heterocycles. The lowest BCUT2D eigenvalue weighted by Crippen LogP contribution is -2.09. The molecule has 1 radical (unpaired) electrons. The molecule has 4 heteroatoms. The van der Waals surface area contributed by atoms with E-state index >= 15 is 0 Å². The Bertz CT molecular complexity index is 268. The van der Waals surface area contributed by atoms with E-state index in [0.29, 0.717) is 0 Å². The fraction of sp³-hybridized carbons (Fsp3) is 0.286. The van der Waals surface area contributed by atoms with Crippen molar-refractivity contribution >= 4 is 5.71 Å². The molecule has 2 nitrogen and oxygen atoms in total. The van der Waals surface area contributed by atoms with Crippen LogP contribution < -0.4 is 5.43 Å². The third-order valence-corrected chi connectivity index (χ3v) is 1.09. The van der Waals surface area contributed by atoms with Crippen molar-refractivity contribution in [2.75, 3.05) is 0 Å². The van der Waals surface area contributed by atoms with Crippen molar-refractivity contribution in [3.05, 3.63) is 11.8 Å². The molecule has 0 aromatic carbocycles. The van der Waals surface area contributed by atoms with Gasteiger partial charge < -0.3 is 0 Å². The molecular formula is C7H5F2N2. The predicted molar refractivity (Wildman–Crippen MR) is 37.1 cm³/mol. The average Bonchev–Trinajstić information content (AvgIpc) is 2.36. The van der Waals surface area contributed by atoms with Crippen LogP contribution >= 0.6 is 0 Å². The Morgan fingerprint density at radius 1 is 1.55 bits per heavy atom. The van der Waals surface area contributed by atoms with Crippen LogP contribution in [0.4, 0.5) is 8.78 Å². The first-order valence-corrected chi connectivity index (χ1v) is 2.95.